The minimum Gasteiger partial charge on any atom is -0.276 e. The summed E-state index contributed by atoms with van der Waals surface area (Å²) in [5.74, 6) is 0. The summed E-state index contributed by atoms with van der Waals surface area (Å²) in [4.78, 5) is 12.2. The quantitative estimate of drug-likeness (QED) is 0.175. The van der Waals surface area contributed by atoms with Crippen LogP contribution in [-0.2, 0) is 5.41 Å². The van der Waals surface area contributed by atoms with Gasteiger partial charge in [-0.2, -0.15) is 5.26 Å². The second-order valence-corrected chi connectivity index (χ2v) is 13.6. The van der Waals surface area contributed by atoms with Gasteiger partial charge < -0.3 is 0 Å². The molecule has 0 amide bonds. The van der Waals surface area contributed by atoms with E-state index in [4.69, 9.17) is 6.57 Å². The van der Waals surface area contributed by atoms with Gasteiger partial charge in [-0.15, -0.1) is 0 Å². The summed E-state index contributed by atoms with van der Waals surface area (Å²) in [6.45, 7) is 7.48. The van der Waals surface area contributed by atoms with Crippen LogP contribution in [0.25, 0.3) is 71.6 Å². The normalized spacial score (nSPS) is 12.6. The highest BCUT2D eigenvalue weighted by molar-refractivity contribution is 5.97. The van der Waals surface area contributed by atoms with Crippen molar-refractivity contribution in [2.45, 2.75) is 5.41 Å². The van der Waals surface area contributed by atoms with E-state index in [-0.39, 0.29) is 0 Å². The average Bonchev–Trinajstić information content (AvgIpc) is 3.70. The molecule has 244 valence electrons. The van der Waals surface area contributed by atoms with Crippen molar-refractivity contribution in [3.8, 4) is 72.8 Å². The van der Waals surface area contributed by atoms with Gasteiger partial charge in [0.05, 0.1) is 17.6 Å². The zero-order valence-corrected chi connectivity index (χ0v) is 28.5. The Balaban J connectivity index is 1.18. The first-order valence-corrected chi connectivity index (χ1v) is 17.5. The molecule has 0 atom stereocenters. The Morgan fingerprint density at radius 1 is 0.434 bits per heavy atom. The average molecular weight is 673 g/mol. The number of hydrogen-bond acceptors (Lipinski definition) is 3. The van der Waals surface area contributed by atoms with Crippen LogP contribution in [0, 0.1) is 17.9 Å². The minimum atomic E-state index is -0.451. The van der Waals surface area contributed by atoms with E-state index in [0.717, 1.165) is 44.5 Å². The van der Waals surface area contributed by atoms with Crippen LogP contribution in [-0.4, -0.2) is 9.97 Å². The molecule has 2 heterocycles. The molecule has 4 heteroatoms. The lowest BCUT2D eigenvalue weighted by Crippen LogP contribution is -2.25. The molecular formula is C49H28N4. The summed E-state index contributed by atoms with van der Waals surface area (Å²) < 4.78 is 0. The highest BCUT2D eigenvalue weighted by atomic mass is 14.7. The molecule has 2 aliphatic carbocycles. The van der Waals surface area contributed by atoms with Crippen molar-refractivity contribution in [3.63, 3.8) is 0 Å². The van der Waals surface area contributed by atoms with Crippen LogP contribution in [0.4, 0.5) is 5.69 Å². The van der Waals surface area contributed by atoms with Crippen molar-refractivity contribution in [1.82, 2.24) is 9.97 Å². The van der Waals surface area contributed by atoms with Gasteiger partial charge in [-0.05, 0) is 120 Å². The monoisotopic (exact) mass is 672 g/mol. The van der Waals surface area contributed by atoms with Gasteiger partial charge >= 0.3 is 0 Å². The Labute approximate surface area is 307 Å². The fraction of sp³-hybridized carbons (Fsp3) is 0.0204. The first kappa shape index (κ1) is 30.4. The molecule has 0 saturated heterocycles. The molecule has 8 aromatic rings. The van der Waals surface area contributed by atoms with E-state index < -0.39 is 5.41 Å². The number of benzene rings is 6. The Bertz CT molecular complexity index is 2690. The zero-order chi connectivity index (χ0) is 35.5. The molecule has 0 radical (unpaired) electrons. The fourth-order valence-electron chi connectivity index (χ4n) is 8.57. The van der Waals surface area contributed by atoms with Crippen LogP contribution in [0.2, 0.25) is 0 Å². The van der Waals surface area contributed by atoms with Gasteiger partial charge in [-0.3, -0.25) is 9.97 Å². The van der Waals surface area contributed by atoms with Crippen molar-refractivity contribution in [2.75, 3.05) is 0 Å². The third-order valence-electron chi connectivity index (χ3n) is 10.9. The zero-order valence-electron chi connectivity index (χ0n) is 28.5. The first-order valence-electron chi connectivity index (χ1n) is 17.5. The van der Waals surface area contributed by atoms with Crippen LogP contribution >= 0.6 is 0 Å². The Morgan fingerprint density at radius 2 is 0.906 bits per heavy atom. The topological polar surface area (TPSA) is 53.9 Å². The Morgan fingerprint density at radius 3 is 1.45 bits per heavy atom. The van der Waals surface area contributed by atoms with Crippen molar-refractivity contribution in [2.24, 2.45) is 0 Å². The molecule has 0 saturated carbocycles. The van der Waals surface area contributed by atoms with E-state index in [2.05, 4.69) is 154 Å². The Hall–Kier alpha value is -7.40. The maximum Gasteiger partial charge on any atom is 0.205 e. The van der Waals surface area contributed by atoms with Gasteiger partial charge in [0.15, 0.2) is 0 Å². The van der Waals surface area contributed by atoms with Gasteiger partial charge in [-0.1, -0.05) is 109 Å². The molecule has 53 heavy (non-hydrogen) atoms. The number of hydrogen-bond donors (Lipinski definition) is 0. The fourth-order valence-corrected chi connectivity index (χ4v) is 8.57. The third-order valence-corrected chi connectivity index (χ3v) is 10.9. The van der Waals surface area contributed by atoms with E-state index in [1.54, 1.807) is 12.4 Å². The number of rotatable bonds is 4. The lowest BCUT2D eigenvalue weighted by molar-refractivity contribution is 0.794. The molecule has 4 nitrogen and oxygen atoms in total. The van der Waals surface area contributed by atoms with Gasteiger partial charge in [0.25, 0.3) is 0 Å². The number of aromatic nitrogens is 2. The van der Waals surface area contributed by atoms with Crippen molar-refractivity contribution >= 4 is 5.69 Å². The first-order chi connectivity index (χ1) is 26.1. The summed E-state index contributed by atoms with van der Waals surface area (Å²) in [6, 6.07) is 54.6. The third kappa shape index (κ3) is 4.60. The van der Waals surface area contributed by atoms with Gasteiger partial charge in [0.1, 0.15) is 6.07 Å². The summed E-state index contributed by atoms with van der Waals surface area (Å²) in [5.41, 5.74) is 19.1. The molecule has 10 rings (SSSR count). The van der Waals surface area contributed by atoms with E-state index in [0.29, 0.717) is 11.3 Å². The van der Waals surface area contributed by atoms with Crippen LogP contribution in [0.1, 0.15) is 27.8 Å². The summed E-state index contributed by atoms with van der Waals surface area (Å²) in [7, 11) is 0. The number of nitrogens with zero attached hydrogens (tertiary/aromatic N) is 4. The smallest absolute Gasteiger partial charge is 0.205 e. The van der Waals surface area contributed by atoms with E-state index in [9.17, 15) is 5.26 Å². The molecule has 0 bridgehead atoms. The minimum absolute atomic E-state index is 0.451. The molecule has 2 aromatic heterocycles. The SMILES string of the molecule is [C-]#[N+]c1cncc(-c2cccc(-c3ccc4c(c3)-c3cc(-c5cccc(-c6cncc(C#N)c6)c5)ccc3C43c4ccccc4-c4ccccc43)c2)c1. The van der Waals surface area contributed by atoms with E-state index >= 15 is 0 Å². The second-order valence-electron chi connectivity index (χ2n) is 13.6. The Kier molecular flexibility index (Phi) is 6.80. The van der Waals surface area contributed by atoms with Crippen molar-refractivity contribution < 1.29 is 0 Å². The highest BCUT2D eigenvalue weighted by Crippen LogP contribution is 2.63. The maximum absolute atomic E-state index is 9.50. The number of pyridine rings is 2. The highest BCUT2D eigenvalue weighted by Gasteiger charge is 2.51. The predicted octanol–water partition coefficient (Wildman–Crippen LogP) is 11.9. The molecule has 1 spiro atoms. The molecular weight excluding hydrogens is 645 g/mol. The van der Waals surface area contributed by atoms with Gasteiger partial charge in [0, 0.05) is 30.4 Å². The predicted molar refractivity (Wildman–Crippen MR) is 211 cm³/mol. The lowest BCUT2D eigenvalue weighted by Gasteiger charge is -2.30. The van der Waals surface area contributed by atoms with Crippen LogP contribution in [0.5, 0.6) is 0 Å². The lowest BCUT2D eigenvalue weighted by atomic mass is 9.70. The van der Waals surface area contributed by atoms with Crippen LogP contribution in [0.15, 0.2) is 170 Å². The molecule has 6 aromatic carbocycles. The van der Waals surface area contributed by atoms with Crippen LogP contribution < -0.4 is 0 Å². The molecule has 2 aliphatic rings. The van der Waals surface area contributed by atoms with Gasteiger partial charge in [0.2, 0.25) is 5.69 Å². The van der Waals surface area contributed by atoms with Crippen LogP contribution in [0.3, 0.4) is 0 Å². The van der Waals surface area contributed by atoms with Crippen molar-refractivity contribution in [3.05, 3.63) is 210 Å². The molecule has 0 N–H and O–H groups in total. The number of fused-ring (bicyclic) bond motifs is 10. The summed E-state index contributed by atoms with van der Waals surface area (Å²) in [6.07, 6.45) is 6.82. The molecule has 0 fully saturated rings. The van der Waals surface area contributed by atoms with E-state index in [1.165, 1.54) is 44.5 Å². The second kappa shape index (κ2) is 11.8. The summed E-state index contributed by atoms with van der Waals surface area (Å²) in [5, 5.41) is 9.50. The van der Waals surface area contributed by atoms with E-state index in [1.807, 2.05) is 24.5 Å². The number of nitriles is 1. The largest absolute Gasteiger partial charge is 0.276 e. The van der Waals surface area contributed by atoms with Gasteiger partial charge in [-0.25, -0.2) is 4.85 Å². The maximum atomic E-state index is 9.50. The van der Waals surface area contributed by atoms with Crippen molar-refractivity contribution in [1.29, 1.82) is 5.26 Å². The standard InChI is InChI=1S/C49H28N4/c1-51-40-23-39(29-53-30-40)35-11-7-9-33(22-35)37-17-19-48-44(25-37)43-24-36(32-8-6-10-34(21-32)38-20-31(26-50)27-52-28-38)16-18-47(43)49(48)45-14-4-2-12-41(45)42-13-3-5-15-46(42)49/h2-25,27-30H. The molecule has 0 aliphatic heterocycles. The summed E-state index contributed by atoms with van der Waals surface area (Å²) >= 11 is 0. The molecule has 0 unspecified atom stereocenters.